The first-order valence-corrected chi connectivity index (χ1v) is 41.5. The molecular weight excluding hydrogens is 1820 g/mol. The van der Waals surface area contributed by atoms with Gasteiger partial charge in [0.15, 0.2) is 0 Å². The predicted molar refractivity (Wildman–Crippen MR) is 498 cm³/mol. The number of aromatic nitrogens is 8. The third-order valence-electron chi connectivity index (χ3n) is 21.5. The standard InChI is InChI=1S/4C24H16N2.3C4H6O6.2Co/c4*1-3-7-17(8-4-1)19-13-15-25-23-21(19)11-12-22-20(14-16-26-24(22)23)18-9-5-2-6-10-18;3*5-1(3(7)8)2(6)4(9)10;;/h4*1-16H;3*1-2,5-6H,(H,7,8)(H,9,10);;/q;;;;;;;2*+3/p-6. The van der Waals surface area contributed by atoms with Crippen LogP contribution in [-0.4, -0.2) is 143 Å². The number of pyridine rings is 8. The van der Waals surface area contributed by atoms with Gasteiger partial charge in [-0.15, -0.1) is 0 Å². The zero-order chi connectivity index (χ0) is 94.3. The van der Waals surface area contributed by atoms with E-state index in [9.17, 15) is 59.4 Å². The minimum atomic E-state index is -2.44. The monoisotopic (exact) mass is 1890 g/mol. The molecular formula is C108H76Co2N8O18. The van der Waals surface area contributed by atoms with Crippen LogP contribution in [0, 0.1) is 0 Å². The third kappa shape index (κ3) is 23.0. The SMILES string of the molecule is O=C([O-])C(O)C(O)C(=O)[O-].O=C([O-])C(O)C(O)C(=O)[O-].O=C([O-])C(O)C(O)C(=O)[O-].[Co+3].[Co+3].c1ccc(-c2ccnc3c2ccc2c(-c4ccccc4)ccnc23)cc1.c1ccc(-c2ccnc3c2ccc2c(-c4ccccc4)ccnc23)cc1.c1ccc(-c2ccnc3c2ccc2c(-c4ccccc4)ccnc23)cc1.c1ccc(-c2ccnc3c2ccc2c(-c4ccccc4)ccnc23)cc1. The van der Waals surface area contributed by atoms with E-state index < -0.39 is 72.4 Å². The minimum Gasteiger partial charge on any atom is -0.547 e. The number of rotatable bonds is 17. The second-order valence-corrected chi connectivity index (χ2v) is 29.8. The van der Waals surface area contributed by atoms with Gasteiger partial charge in [-0.3, -0.25) is 39.9 Å². The van der Waals surface area contributed by atoms with Gasteiger partial charge in [0, 0.05) is 92.7 Å². The number of aliphatic carboxylic acids is 6. The number of hydrogen-bond acceptors (Lipinski definition) is 26. The van der Waals surface area contributed by atoms with Crippen molar-refractivity contribution in [3.8, 4) is 89.0 Å². The summed E-state index contributed by atoms with van der Waals surface area (Å²) in [6.07, 6.45) is 0.369. The maximum atomic E-state index is 9.63. The van der Waals surface area contributed by atoms with E-state index in [1.807, 2.05) is 98.1 Å². The molecule has 6 unspecified atom stereocenters. The molecule has 674 valence electrons. The van der Waals surface area contributed by atoms with E-state index in [0.29, 0.717) is 0 Å². The van der Waals surface area contributed by atoms with E-state index in [2.05, 4.69) is 331 Å². The molecule has 20 aromatic rings. The van der Waals surface area contributed by atoms with Gasteiger partial charge in [0.1, 0.15) is 36.6 Å². The molecule has 8 aromatic heterocycles. The Morgan fingerprint density at radius 1 is 0.162 bits per heavy atom. The number of aliphatic hydroxyl groups is 6. The van der Waals surface area contributed by atoms with Gasteiger partial charge < -0.3 is 90.0 Å². The second kappa shape index (κ2) is 46.5. The van der Waals surface area contributed by atoms with E-state index >= 15 is 0 Å². The van der Waals surface area contributed by atoms with E-state index in [1.165, 1.54) is 89.0 Å². The first-order valence-electron chi connectivity index (χ1n) is 41.5. The molecule has 136 heavy (non-hydrogen) atoms. The zero-order valence-electron chi connectivity index (χ0n) is 71.2. The number of carboxylic acid groups (broad SMARTS) is 6. The van der Waals surface area contributed by atoms with Crippen molar-refractivity contribution in [3.05, 3.63) is 389 Å². The van der Waals surface area contributed by atoms with E-state index in [4.69, 9.17) is 30.6 Å². The molecule has 0 spiro atoms. The average Bonchev–Trinajstić information content (AvgIpc) is 0.771. The molecule has 0 saturated carbocycles. The molecule has 26 nitrogen and oxygen atoms in total. The van der Waals surface area contributed by atoms with Gasteiger partial charge in [-0.05, 0) is 138 Å². The molecule has 0 saturated heterocycles. The molecule has 6 atom stereocenters. The summed E-state index contributed by atoms with van der Waals surface area (Å²) in [5, 5.41) is 116. The Morgan fingerprint density at radius 3 is 0.346 bits per heavy atom. The molecule has 20 rings (SSSR count). The number of nitrogens with zero attached hydrogens (tertiary/aromatic N) is 8. The van der Waals surface area contributed by atoms with Gasteiger partial charge in [0.2, 0.25) is 0 Å². The van der Waals surface area contributed by atoms with Crippen LogP contribution in [-0.2, 0) is 62.3 Å². The Labute approximate surface area is 796 Å². The summed E-state index contributed by atoms with van der Waals surface area (Å²) in [6.45, 7) is 0. The molecule has 0 fully saturated rings. The minimum absolute atomic E-state index is 0. The van der Waals surface area contributed by atoms with Crippen LogP contribution in [0.15, 0.2) is 389 Å². The summed E-state index contributed by atoms with van der Waals surface area (Å²) in [7, 11) is 0. The molecule has 12 aromatic carbocycles. The van der Waals surface area contributed by atoms with Crippen molar-refractivity contribution in [1.82, 2.24) is 39.9 Å². The first-order chi connectivity index (χ1) is 65.1. The van der Waals surface area contributed by atoms with Crippen molar-refractivity contribution in [2.45, 2.75) is 36.6 Å². The third-order valence-corrected chi connectivity index (χ3v) is 21.5. The molecule has 0 bridgehead atoms. The van der Waals surface area contributed by atoms with Crippen LogP contribution in [0.4, 0.5) is 0 Å². The van der Waals surface area contributed by atoms with Crippen LogP contribution in [0.1, 0.15) is 0 Å². The smallest absolute Gasteiger partial charge is 0.547 e. The topological polar surface area (TPSA) is 465 Å². The van der Waals surface area contributed by atoms with Crippen LogP contribution < -0.4 is 30.6 Å². The largest absolute Gasteiger partial charge is 3.00 e. The van der Waals surface area contributed by atoms with Gasteiger partial charge in [0.25, 0.3) is 0 Å². The van der Waals surface area contributed by atoms with Gasteiger partial charge in [0.05, 0.1) is 79.9 Å². The fraction of sp³-hybridized carbons (Fsp3) is 0.0556. The van der Waals surface area contributed by atoms with E-state index in [-0.39, 0.29) is 33.6 Å². The molecule has 0 radical (unpaired) electrons. The van der Waals surface area contributed by atoms with Crippen LogP contribution in [0.3, 0.4) is 0 Å². The molecule has 8 heterocycles. The van der Waals surface area contributed by atoms with Crippen LogP contribution in [0.25, 0.3) is 176 Å². The summed E-state index contributed by atoms with van der Waals surface area (Å²) >= 11 is 0. The average molecular weight is 1890 g/mol. The number of hydrogen-bond donors (Lipinski definition) is 6. The Kier molecular flexibility index (Phi) is 33.7. The van der Waals surface area contributed by atoms with Crippen LogP contribution in [0.2, 0.25) is 0 Å². The summed E-state index contributed by atoms with van der Waals surface area (Å²) < 4.78 is 0. The number of benzene rings is 12. The van der Waals surface area contributed by atoms with Crippen molar-refractivity contribution in [2.75, 3.05) is 0 Å². The Morgan fingerprint density at radius 2 is 0.257 bits per heavy atom. The summed E-state index contributed by atoms with van der Waals surface area (Å²) in [5.41, 5.74) is 26.6. The maximum absolute atomic E-state index is 9.63. The van der Waals surface area contributed by atoms with Crippen LogP contribution in [0.5, 0.6) is 0 Å². The second-order valence-electron chi connectivity index (χ2n) is 29.8. The molecule has 0 amide bonds. The summed E-state index contributed by atoms with van der Waals surface area (Å²) in [5.74, 6) is -12.4. The van der Waals surface area contributed by atoms with Crippen molar-refractivity contribution >= 4 is 123 Å². The van der Waals surface area contributed by atoms with E-state index in [0.717, 1.165) is 87.2 Å². The number of aliphatic hydroxyl groups excluding tert-OH is 6. The van der Waals surface area contributed by atoms with Crippen molar-refractivity contribution < 1.29 is 124 Å². The van der Waals surface area contributed by atoms with Gasteiger partial charge in [-0.2, -0.15) is 0 Å². The van der Waals surface area contributed by atoms with Gasteiger partial charge in [-0.25, -0.2) is 0 Å². The maximum Gasteiger partial charge on any atom is 3.00 e. The first kappa shape index (κ1) is 98.5. The van der Waals surface area contributed by atoms with Gasteiger partial charge in [-0.1, -0.05) is 291 Å². The molecule has 0 aliphatic carbocycles. The number of fused-ring (bicyclic) bond motifs is 12. The predicted octanol–water partition coefficient (Wildman–Crippen LogP) is 10.1. The molecule has 28 heteroatoms. The molecule has 0 aliphatic heterocycles. The summed E-state index contributed by atoms with van der Waals surface area (Å²) in [6, 6.07) is 117. The number of carbonyl (C=O) groups excluding carboxylic acids is 6. The fourth-order valence-electron chi connectivity index (χ4n) is 15.0. The zero-order valence-corrected chi connectivity index (χ0v) is 73.3. The Bertz CT molecular complexity index is 6280. The Hall–Kier alpha value is -16.5. The number of carboxylic acids is 6. The van der Waals surface area contributed by atoms with Crippen molar-refractivity contribution in [2.24, 2.45) is 0 Å². The molecule has 6 N–H and O–H groups in total. The fourth-order valence-corrected chi connectivity index (χ4v) is 15.0. The van der Waals surface area contributed by atoms with Crippen molar-refractivity contribution in [1.29, 1.82) is 0 Å². The molecule has 0 aliphatic rings. The summed E-state index contributed by atoms with van der Waals surface area (Å²) in [4.78, 5) is 95.1. The van der Waals surface area contributed by atoms with Crippen LogP contribution >= 0.6 is 0 Å². The van der Waals surface area contributed by atoms with E-state index in [1.54, 1.807) is 0 Å². The number of carbonyl (C=O) groups is 6. The van der Waals surface area contributed by atoms with Gasteiger partial charge >= 0.3 is 33.6 Å². The van der Waals surface area contributed by atoms with Crippen molar-refractivity contribution in [3.63, 3.8) is 0 Å². The quantitative estimate of drug-likeness (QED) is 0.0461. The normalized spacial score (nSPS) is 12.0. The Balaban J connectivity index is 0.000000148.